The Hall–Kier alpha value is -2.46. The molecule has 0 saturated carbocycles. The van der Waals surface area contributed by atoms with Gasteiger partial charge in [0.05, 0.1) is 10.8 Å². The van der Waals surface area contributed by atoms with Crippen LogP contribution in [0.2, 0.25) is 0 Å². The SMILES string of the molecule is CC(=O)N[C@H](C(=O)NNC(=O)[C@H]1CCCN(S(=O)(=O)c2ccc(C)cc2)C1)C(C)C. The van der Waals surface area contributed by atoms with Gasteiger partial charge in [0.1, 0.15) is 6.04 Å². The number of sulfonamides is 1. The van der Waals surface area contributed by atoms with Gasteiger partial charge in [-0.2, -0.15) is 4.31 Å². The molecule has 3 amide bonds. The number of amides is 3. The van der Waals surface area contributed by atoms with E-state index >= 15 is 0 Å². The van der Waals surface area contributed by atoms with Crippen LogP contribution >= 0.6 is 0 Å². The lowest BCUT2D eigenvalue weighted by molar-refractivity contribution is -0.134. The highest BCUT2D eigenvalue weighted by atomic mass is 32.2. The van der Waals surface area contributed by atoms with E-state index in [1.807, 2.05) is 6.92 Å². The minimum atomic E-state index is -3.70. The normalized spacial score (nSPS) is 18.5. The highest BCUT2D eigenvalue weighted by Gasteiger charge is 2.33. The smallest absolute Gasteiger partial charge is 0.261 e. The molecular weight excluding hydrogens is 408 g/mol. The van der Waals surface area contributed by atoms with Gasteiger partial charge < -0.3 is 5.32 Å². The standard InChI is InChI=1S/C20H30N4O5S/c1-13(2)18(21-15(4)25)20(27)23-22-19(26)16-6-5-11-24(12-16)30(28,29)17-9-7-14(3)8-10-17/h7-10,13,16,18H,5-6,11-12H2,1-4H3,(H,21,25)(H,22,26)(H,23,27)/t16-,18-/m0/s1. The number of aryl methyl sites for hydroxylation is 1. The second-order valence-corrected chi connectivity index (χ2v) is 9.85. The van der Waals surface area contributed by atoms with Crippen LogP contribution in [0.15, 0.2) is 29.2 Å². The summed E-state index contributed by atoms with van der Waals surface area (Å²) in [6.07, 6.45) is 1.05. The molecule has 0 unspecified atom stereocenters. The average Bonchev–Trinajstić information content (AvgIpc) is 2.70. The van der Waals surface area contributed by atoms with E-state index in [1.165, 1.54) is 11.2 Å². The Balaban J connectivity index is 1.99. The van der Waals surface area contributed by atoms with Gasteiger partial charge in [-0.1, -0.05) is 31.5 Å². The largest absolute Gasteiger partial charge is 0.344 e. The summed E-state index contributed by atoms with van der Waals surface area (Å²) in [5.41, 5.74) is 5.66. The highest BCUT2D eigenvalue weighted by Crippen LogP contribution is 2.24. The number of rotatable bonds is 6. The summed E-state index contributed by atoms with van der Waals surface area (Å²) in [4.78, 5) is 36.3. The Morgan fingerprint density at radius 3 is 2.30 bits per heavy atom. The summed E-state index contributed by atoms with van der Waals surface area (Å²) in [7, 11) is -3.70. The summed E-state index contributed by atoms with van der Waals surface area (Å²) in [5.74, 6) is -2.10. The number of carbonyl (C=O) groups is 3. The fraction of sp³-hybridized carbons (Fsp3) is 0.550. The van der Waals surface area contributed by atoms with E-state index < -0.39 is 33.8 Å². The number of nitrogens with one attached hydrogen (secondary N) is 3. The molecule has 2 atom stereocenters. The van der Waals surface area contributed by atoms with Gasteiger partial charge >= 0.3 is 0 Å². The monoisotopic (exact) mass is 438 g/mol. The van der Waals surface area contributed by atoms with Crippen molar-refractivity contribution in [3.05, 3.63) is 29.8 Å². The lowest BCUT2D eigenvalue weighted by Gasteiger charge is -2.31. The van der Waals surface area contributed by atoms with Crippen LogP contribution < -0.4 is 16.2 Å². The molecule has 0 aromatic heterocycles. The zero-order valence-corrected chi connectivity index (χ0v) is 18.6. The zero-order chi connectivity index (χ0) is 22.5. The molecule has 1 aromatic carbocycles. The predicted octanol–water partition coefficient (Wildman–Crippen LogP) is 0.704. The number of hydrogen-bond acceptors (Lipinski definition) is 5. The molecular formula is C20H30N4O5S. The van der Waals surface area contributed by atoms with Crippen LogP contribution in [0.25, 0.3) is 0 Å². The quantitative estimate of drug-likeness (QED) is 0.564. The molecule has 0 spiro atoms. The van der Waals surface area contributed by atoms with Crippen molar-refractivity contribution >= 4 is 27.7 Å². The summed E-state index contributed by atoms with van der Waals surface area (Å²) >= 11 is 0. The van der Waals surface area contributed by atoms with E-state index in [0.717, 1.165) is 5.56 Å². The third-order valence-corrected chi connectivity index (χ3v) is 6.91. The molecule has 0 aliphatic carbocycles. The van der Waals surface area contributed by atoms with Gasteiger partial charge in [-0.25, -0.2) is 8.42 Å². The van der Waals surface area contributed by atoms with Crippen LogP contribution in [-0.4, -0.2) is 49.6 Å². The number of carbonyl (C=O) groups excluding carboxylic acids is 3. The molecule has 1 aliphatic rings. The van der Waals surface area contributed by atoms with Crippen LogP contribution in [0, 0.1) is 18.8 Å². The lowest BCUT2D eigenvalue weighted by Crippen LogP contribution is -2.56. The van der Waals surface area contributed by atoms with Crippen molar-refractivity contribution in [2.75, 3.05) is 13.1 Å². The van der Waals surface area contributed by atoms with Gasteiger partial charge in [0.15, 0.2) is 0 Å². The summed E-state index contributed by atoms with van der Waals surface area (Å²) in [6, 6.07) is 5.80. The van der Waals surface area contributed by atoms with Gasteiger partial charge in [-0.15, -0.1) is 0 Å². The molecule has 3 N–H and O–H groups in total. The maximum Gasteiger partial charge on any atom is 0.261 e. The average molecular weight is 439 g/mol. The number of benzene rings is 1. The van der Waals surface area contributed by atoms with E-state index in [4.69, 9.17) is 0 Å². The van der Waals surface area contributed by atoms with E-state index in [0.29, 0.717) is 19.4 Å². The van der Waals surface area contributed by atoms with E-state index in [1.54, 1.807) is 38.1 Å². The molecule has 0 bridgehead atoms. The molecule has 9 nitrogen and oxygen atoms in total. The van der Waals surface area contributed by atoms with E-state index in [-0.39, 0.29) is 23.3 Å². The predicted molar refractivity (Wildman–Crippen MR) is 111 cm³/mol. The molecule has 10 heteroatoms. The Bertz CT molecular complexity index is 883. The molecule has 1 saturated heterocycles. The Morgan fingerprint density at radius 1 is 1.10 bits per heavy atom. The fourth-order valence-corrected chi connectivity index (χ4v) is 4.81. The lowest BCUT2D eigenvalue weighted by atomic mass is 9.99. The summed E-state index contributed by atoms with van der Waals surface area (Å²) < 4.78 is 27.1. The molecule has 2 rings (SSSR count). The van der Waals surface area contributed by atoms with Crippen LogP contribution in [0.3, 0.4) is 0 Å². The number of nitrogens with zero attached hydrogens (tertiary/aromatic N) is 1. The number of piperidine rings is 1. The highest BCUT2D eigenvalue weighted by molar-refractivity contribution is 7.89. The molecule has 0 radical (unpaired) electrons. The molecule has 1 aromatic rings. The maximum atomic E-state index is 12.9. The van der Waals surface area contributed by atoms with Gasteiger partial charge in [-0.05, 0) is 37.8 Å². The third-order valence-electron chi connectivity index (χ3n) is 5.03. The topological polar surface area (TPSA) is 125 Å². The second kappa shape index (κ2) is 10.0. The minimum absolute atomic E-state index is 0.0389. The fourth-order valence-electron chi connectivity index (χ4n) is 3.29. The van der Waals surface area contributed by atoms with Gasteiger partial charge in [0.2, 0.25) is 21.8 Å². The van der Waals surface area contributed by atoms with Crippen molar-refractivity contribution in [1.29, 1.82) is 0 Å². The first-order valence-corrected chi connectivity index (χ1v) is 11.4. The molecule has 166 valence electrons. The van der Waals surface area contributed by atoms with E-state index in [9.17, 15) is 22.8 Å². The maximum absolute atomic E-state index is 12.9. The first-order chi connectivity index (χ1) is 14.0. The van der Waals surface area contributed by atoms with Gasteiger partial charge in [0, 0.05) is 20.0 Å². The molecule has 1 heterocycles. The van der Waals surface area contributed by atoms with Crippen molar-refractivity contribution < 1.29 is 22.8 Å². The molecule has 1 fully saturated rings. The zero-order valence-electron chi connectivity index (χ0n) is 17.8. The molecule has 1 aliphatic heterocycles. The summed E-state index contributed by atoms with van der Waals surface area (Å²) in [6.45, 7) is 7.11. The van der Waals surface area contributed by atoms with E-state index in [2.05, 4.69) is 16.2 Å². The Morgan fingerprint density at radius 2 is 1.73 bits per heavy atom. The van der Waals surface area contributed by atoms with Crippen molar-refractivity contribution in [2.45, 2.75) is 51.5 Å². The van der Waals surface area contributed by atoms with Gasteiger partial charge in [0.25, 0.3) is 5.91 Å². The van der Waals surface area contributed by atoms with Crippen LogP contribution in [0.5, 0.6) is 0 Å². The molecule has 30 heavy (non-hydrogen) atoms. The van der Waals surface area contributed by atoms with Crippen molar-refractivity contribution in [1.82, 2.24) is 20.5 Å². The van der Waals surface area contributed by atoms with Crippen LogP contribution in [0.1, 0.15) is 39.2 Å². The van der Waals surface area contributed by atoms with Crippen LogP contribution in [-0.2, 0) is 24.4 Å². The van der Waals surface area contributed by atoms with Crippen molar-refractivity contribution in [3.8, 4) is 0 Å². The minimum Gasteiger partial charge on any atom is -0.344 e. The Kier molecular flexibility index (Phi) is 7.96. The Labute approximate surface area is 177 Å². The van der Waals surface area contributed by atoms with Crippen molar-refractivity contribution in [2.24, 2.45) is 11.8 Å². The third kappa shape index (κ3) is 6.02. The van der Waals surface area contributed by atoms with Crippen LogP contribution in [0.4, 0.5) is 0 Å². The first-order valence-electron chi connectivity index (χ1n) is 9.96. The van der Waals surface area contributed by atoms with Gasteiger partial charge in [-0.3, -0.25) is 25.2 Å². The second-order valence-electron chi connectivity index (χ2n) is 7.92. The number of hydrazine groups is 1. The first kappa shape index (κ1) is 23.8. The summed E-state index contributed by atoms with van der Waals surface area (Å²) in [5, 5.41) is 2.54. The van der Waals surface area contributed by atoms with Crippen molar-refractivity contribution in [3.63, 3.8) is 0 Å². The number of hydrogen-bond donors (Lipinski definition) is 3.